The smallest absolute Gasteiger partial charge is 0.200 e. The van der Waals surface area contributed by atoms with Gasteiger partial charge in [-0.1, -0.05) is 20.8 Å². The van der Waals surface area contributed by atoms with E-state index in [9.17, 15) is 74.6 Å². The average Bonchev–Trinajstić information content (AvgIpc) is 2.50. The van der Waals surface area contributed by atoms with E-state index in [-0.39, 0.29) is 0 Å². The molecule has 0 nitrogen and oxygen atoms in total. The summed E-state index contributed by atoms with van der Waals surface area (Å²) in [7, 11) is 0. The summed E-state index contributed by atoms with van der Waals surface area (Å²) in [6.07, 6.45) is -11.3. The maximum Gasteiger partial charge on any atom is 0.460 e. The van der Waals surface area contributed by atoms with E-state index in [1.165, 1.54) is 0 Å². The summed E-state index contributed by atoms with van der Waals surface area (Å²) in [6.45, 7) is 3.17. The highest BCUT2D eigenvalue weighted by atomic mass is 19.4. The summed E-state index contributed by atoms with van der Waals surface area (Å²) in [5.74, 6) is -55.8. The molecule has 0 aliphatic heterocycles. The summed E-state index contributed by atoms with van der Waals surface area (Å²) in [5, 5.41) is 0. The van der Waals surface area contributed by atoms with Gasteiger partial charge in [0.15, 0.2) is 0 Å². The Morgan fingerprint density at radius 3 is 0.871 bits per heavy atom. The van der Waals surface area contributed by atoms with Crippen LogP contribution in [0.1, 0.15) is 33.6 Å². The standard InChI is InChI=1S/C14H13F17/c1-6(2,3)4-5-7(15,16)8(17,18)9(19,20)10(21,22)11(23,24)12(25,26)13(27,28)14(29,30)31/h4-5H2,1-3H3. The number of hydrogen-bond acceptors (Lipinski definition) is 0. The van der Waals surface area contributed by atoms with E-state index in [1.807, 2.05) is 0 Å². The van der Waals surface area contributed by atoms with E-state index < -0.39 is 65.9 Å². The molecule has 0 saturated heterocycles. The molecule has 0 aromatic carbocycles. The lowest BCUT2D eigenvalue weighted by atomic mass is 9.84. The van der Waals surface area contributed by atoms with Gasteiger partial charge >= 0.3 is 47.6 Å². The van der Waals surface area contributed by atoms with Crippen molar-refractivity contribution in [2.24, 2.45) is 5.41 Å². The topological polar surface area (TPSA) is 0 Å². The lowest BCUT2D eigenvalue weighted by molar-refractivity contribution is -0.461. The van der Waals surface area contributed by atoms with Crippen molar-refractivity contribution in [3.05, 3.63) is 0 Å². The molecule has 0 aromatic rings. The lowest BCUT2D eigenvalue weighted by Gasteiger charge is -2.43. The highest BCUT2D eigenvalue weighted by molar-refractivity contribution is 5.15. The van der Waals surface area contributed by atoms with Crippen LogP contribution in [0.3, 0.4) is 0 Å². The maximum absolute atomic E-state index is 13.5. The van der Waals surface area contributed by atoms with Crippen LogP contribution in [0.2, 0.25) is 0 Å². The van der Waals surface area contributed by atoms with Gasteiger partial charge in [0.2, 0.25) is 0 Å². The third-order valence-electron chi connectivity index (χ3n) is 3.98. The van der Waals surface area contributed by atoms with Crippen LogP contribution in [-0.4, -0.2) is 47.6 Å². The Bertz CT molecular complexity index is 634. The fourth-order valence-electron chi connectivity index (χ4n) is 1.89. The molecule has 0 aliphatic carbocycles. The molecule has 0 atom stereocenters. The van der Waals surface area contributed by atoms with Crippen LogP contribution in [0.15, 0.2) is 0 Å². The van der Waals surface area contributed by atoms with Crippen LogP contribution >= 0.6 is 0 Å². The normalized spacial score (nSPS) is 16.6. The SMILES string of the molecule is CC(C)(C)CCC(F)(F)C(F)(F)C(F)(F)C(F)(F)C(F)(F)C(F)(F)C(F)(F)C(F)(F)F. The van der Waals surface area contributed by atoms with Crippen LogP contribution in [0.5, 0.6) is 0 Å². The molecule has 31 heavy (non-hydrogen) atoms. The van der Waals surface area contributed by atoms with Crippen molar-refractivity contribution in [1.82, 2.24) is 0 Å². The zero-order valence-corrected chi connectivity index (χ0v) is 15.3. The van der Waals surface area contributed by atoms with Crippen molar-refractivity contribution in [2.45, 2.75) is 81.2 Å². The average molecular weight is 504 g/mol. The van der Waals surface area contributed by atoms with Gasteiger partial charge in [0.05, 0.1) is 0 Å². The van der Waals surface area contributed by atoms with Gasteiger partial charge in [-0.15, -0.1) is 0 Å². The van der Waals surface area contributed by atoms with E-state index in [0.29, 0.717) is 0 Å². The zero-order chi connectivity index (χ0) is 25.9. The van der Waals surface area contributed by atoms with Gasteiger partial charge in [-0.25, -0.2) is 0 Å². The van der Waals surface area contributed by atoms with Crippen molar-refractivity contribution in [3.63, 3.8) is 0 Å². The lowest BCUT2D eigenvalue weighted by Crippen LogP contribution is -2.74. The molecule has 0 bridgehead atoms. The summed E-state index contributed by atoms with van der Waals surface area (Å²) < 4.78 is 221. The van der Waals surface area contributed by atoms with Crippen LogP contribution in [-0.2, 0) is 0 Å². The van der Waals surface area contributed by atoms with Crippen molar-refractivity contribution in [2.75, 3.05) is 0 Å². The molecule has 0 aromatic heterocycles. The Morgan fingerprint density at radius 1 is 0.355 bits per heavy atom. The summed E-state index contributed by atoms with van der Waals surface area (Å²) in [5.41, 5.74) is -1.36. The highest BCUT2D eigenvalue weighted by Crippen LogP contribution is 2.64. The largest absolute Gasteiger partial charge is 0.460 e. The molecule has 0 N–H and O–H groups in total. The Labute approximate surface area is 162 Å². The number of halogens is 17. The number of alkyl halides is 17. The summed E-state index contributed by atoms with van der Waals surface area (Å²) in [4.78, 5) is 0. The summed E-state index contributed by atoms with van der Waals surface area (Å²) in [6, 6.07) is 0. The van der Waals surface area contributed by atoms with E-state index in [1.54, 1.807) is 0 Å². The second-order valence-corrected chi connectivity index (χ2v) is 7.71. The van der Waals surface area contributed by atoms with Gasteiger partial charge in [0.25, 0.3) is 0 Å². The molecule has 0 saturated carbocycles. The van der Waals surface area contributed by atoms with Crippen LogP contribution in [0, 0.1) is 5.41 Å². The molecule has 17 heteroatoms. The van der Waals surface area contributed by atoms with Crippen LogP contribution < -0.4 is 0 Å². The summed E-state index contributed by atoms with van der Waals surface area (Å²) >= 11 is 0. The van der Waals surface area contributed by atoms with Gasteiger partial charge in [-0.05, 0) is 11.8 Å². The van der Waals surface area contributed by atoms with Crippen LogP contribution in [0.4, 0.5) is 74.6 Å². The molecule has 0 unspecified atom stereocenters. The van der Waals surface area contributed by atoms with Crippen molar-refractivity contribution in [3.8, 4) is 0 Å². The molecule has 0 heterocycles. The minimum absolute atomic E-state index is 1.06. The number of hydrogen-bond donors (Lipinski definition) is 0. The first-order valence-corrected chi connectivity index (χ1v) is 7.67. The van der Waals surface area contributed by atoms with Gasteiger partial charge in [-0.2, -0.15) is 74.6 Å². The van der Waals surface area contributed by atoms with Gasteiger partial charge in [0.1, 0.15) is 0 Å². The van der Waals surface area contributed by atoms with Gasteiger partial charge in [0, 0.05) is 6.42 Å². The number of rotatable bonds is 8. The Morgan fingerprint density at radius 2 is 0.613 bits per heavy atom. The van der Waals surface area contributed by atoms with Crippen molar-refractivity contribution >= 4 is 0 Å². The van der Waals surface area contributed by atoms with Crippen molar-refractivity contribution < 1.29 is 74.6 Å². The molecular weight excluding hydrogens is 491 g/mol. The third kappa shape index (κ3) is 4.37. The minimum Gasteiger partial charge on any atom is -0.200 e. The quantitative estimate of drug-likeness (QED) is 0.296. The minimum atomic E-state index is -8.58. The monoisotopic (exact) mass is 504 g/mol. The first-order chi connectivity index (χ1) is 13.0. The molecular formula is C14H13F17. The van der Waals surface area contributed by atoms with E-state index in [2.05, 4.69) is 0 Å². The molecule has 0 amide bonds. The van der Waals surface area contributed by atoms with E-state index in [4.69, 9.17) is 0 Å². The third-order valence-corrected chi connectivity index (χ3v) is 3.98. The molecule has 0 rings (SSSR count). The predicted octanol–water partition coefficient (Wildman–Crippen LogP) is 7.82. The first-order valence-electron chi connectivity index (χ1n) is 7.67. The van der Waals surface area contributed by atoms with E-state index in [0.717, 1.165) is 20.8 Å². The van der Waals surface area contributed by atoms with Gasteiger partial charge < -0.3 is 0 Å². The Kier molecular flexibility index (Phi) is 7.13. The highest BCUT2D eigenvalue weighted by Gasteiger charge is 2.95. The Balaban J connectivity index is 6.56. The molecule has 0 fully saturated rings. The van der Waals surface area contributed by atoms with Crippen LogP contribution in [0.25, 0.3) is 0 Å². The molecule has 188 valence electrons. The Hall–Kier alpha value is -1.19. The fourth-order valence-corrected chi connectivity index (χ4v) is 1.89. The van der Waals surface area contributed by atoms with Gasteiger partial charge in [-0.3, -0.25) is 0 Å². The van der Waals surface area contributed by atoms with E-state index >= 15 is 0 Å². The van der Waals surface area contributed by atoms with Crippen molar-refractivity contribution in [1.29, 1.82) is 0 Å². The predicted molar refractivity (Wildman–Crippen MR) is 69.4 cm³/mol. The molecule has 0 aliphatic rings. The molecule has 0 radical (unpaired) electrons. The first kappa shape index (κ1) is 29.8. The fraction of sp³-hybridized carbons (Fsp3) is 1.00. The second-order valence-electron chi connectivity index (χ2n) is 7.71. The zero-order valence-electron chi connectivity index (χ0n) is 15.3. The molecule has 0 spiro atoms. The maximum atomic E-state index is 13.5. The second kappa shape index (κ2) is 7.42.